The van der Waals surface area contributed by atoms with E-state index in [1.54, 1.807) is 0 Å². The van der Waals surface area contributed by atoms with E-state index >= 15 is 0 Å². The van der Waals surface area contributed by atoms with Gasteiger partial charge in [0.2, 0.25) is 0 Å². The lowest BCUT2D eigenvalue weighted by Gasteiger charge is -2.17. The van der Waals surface area contributed by atoms with Gasteiger partial charge in [-0.3, -0.25) is 0 Å². The maximum atomic E-state index is 6.19. The molecule has 4 N–H and O–H groups in total. The second-order valence-electron chi connectivity index (χ2n) is 7.54. The summed E-state index contributed by atoms with van der Waals surface area (Å²) in [5.41, 5.74) is 22.9. The average molecular weight is 522 g/mol. The third-order valence-electron chi connectivity index (χ3n) is 5.32. The van der Waals surface area contributed by atoms with Crippen LogP contribution in [0.25, 0.3) is 33.4 Å². The Bertz CT molecular complexity index is 1160. The number of hydrogen-bond donors (Lipinski definition) is 2. The van der Waals surface area contributed by atoms with Crippen molar-refractivity contribution in [1.29, 1.82) is 0 Å². The highest BCUT2D eigenvalue weighted by molar-refractivity contribution is 9.10. The van der Waals surface area contributed by atoms with E-state index in [2.05, 4.69) is 94.2 Å². The second-order valence-corrected chi connectivity index (χ2v) is 9.25. The quantitative estimate of drug-likeness (QED) is 0.268. The number of aryl methyl sites for hydroxylation is 2. The number of nitrogens with two attached hydrogens (primary N) is 2. The lowest BCUT2D eigenvalue weighted by Crippen LogP contribution is -1.94. The highest BCUT2D eigenvalue weighted by atomic mass is 79.9. The molecular formula is C26H22Br2N2. The van der Waals surface area contributed by atoms with Gasteiger partial charge < -0.3 is 11.5 Å². The lowest BCUT2D eigenvalue weighted by atomic mass is 9.88. The SMILES string of the molecule is Cc1cc(-c2cc(N)ccc2-c2ccc(N)cc2-c2ccc(Br)c(C)c2)ccc1Br. The fraction of sp³-hybridized carbons (Fsp3) is 0.0769. The number of benzene rings is 4. The van der Waals surface area contributed by atoms with Gasteiger partial charge in [0.15, 0.2) is 0 Å². The number of rotatable bonds is 3. The minimum atomic E-state index is 0.741. The van der Waals surface area contributed by atoms with Crippen molar-refractivity contribution in [3.05, 3.63) is 92.9 Å². The van der Waals surface area contributed by atoms with Crippen LogP contribution in [0.2, 0.25) is 0 Å². The number of nitrogen functional groups attached to an aromatic ring is 2. The van der Waals surface area contributed by atoms with Crippen LogP contribution < -0.4 is 11.5 Å². The Morgan fingerprint density at radius 2 is 0.900 bits per heavy atom. The predicted molar refractivity (Wildman–Crippen MR) is 136 cm³/mol. The van der Waals surface area contributed by atoms with Crippen molar-refractivity contribution in [2.24, 2.45) is 0 Å². The van der Waals surface area contributed by atoms with Gasteiger partial charge in [0.05, 0.1) is 0 Å². The summed E-state index contributed by atoms with van der Waals surface area (Å²) in [5, 5.41) is 0. The molecule has 0 fully saturated rings. The van der Waals surface area contributed by atoms with Crippen molar-refractivity contribution < 1.29 is 0 Å². The Labute approximate surface area is 194 Å². The highest BCUT2D eigenvalue weighted by Gasteiger charge is 2.15. The minimum Gasteiger partial charge on any atom is -0.399 e. The number of anilines is 2. The minimum absolute atomic E-state index is 0.741. The van der Waals surface area contributed by atoms with E-state index in [1.165, 1.54) is 11.1 Å². The molecule has 4 heteroatoms. The largest absolute Gasteiger partial charge is 0.399 e. The zero-order valence-corrected chi connectivity index (χ0v) is 20.0. The van der Waals surface area contributed by atoms with Crippen LogP contribution in [0.4, 0.5) is 11.4 Å². The molecule has 0 aliphatic heterocycles. The monoisotopic (exact) mass is 520 g/mol. The smallest absolute Gasteiger partial charge is 0.0320 e. The Morgan fingerprint density at radius 1 is 0.500 bits per heavy atom. The van der Waals surface area contributed by atoms with Crippen LogP contribution in [-0.2, 0) is 0 Å². The molecule has 0 aromatic heterocycles. The molecule has 4 aromatic rings. The van der Waals surface area contributed by atoms with Gasteiger partial charge in [-0.15, -0.1) is 0 Å². The predicted octanol–water partition coefficient (Wildman–Crippen LogP) is 7.99. The topological polar surface area (TPSA) is 52.0 Å². The summed E-state index contributed by atoms with van der Waals surface area (Å²) in [6.45, 7) is 4.19. The highest BCUT2D eigenvalue weighted by Crippen LogP contribution is 2.41. The molecule has 0 radical (unpaired) electrons. The lowest BCUT2D eigenvalue weighted by molar-refractivity contribution is 1.42. The summed E-state index contributed by atoms with van der Waals surface area (Å²) in [6.07, 6.45) is 0. The van der Waals surface area contributed by atoms with Crippen LogP contribution in [0.5, 0.6) is 0 Å². The Kier molecular flexibility index (Phi) is 5.72. The first kappa shape index (κ1) is 20.7. The van der Waals surface area contributed by atoms with Crippen LogP contribution in [0.15, 0.2) is 81.7 Å². The molecule has 0 spiro atoms. The average Bonchev–Trinajstić information content (AvgIpc) is 2.72. The van der Waals surface area contributed by atoms with Gasteiger partial charge in [-0.25, -0.2) is 0 Å². The van der Waals surface area contributed by atoms with E-state index < -0.39 is 0 Å². The standard InChI is InChI=1S/C26H22Br2N2/c1-15-11-17(3-9-25(15)27)23-13-19(29)5-7-21(23)22-8-6-20(30)14-24(22)18-4-10-26(28)16(2)12-18/h3-14H,29-30H2,1-2H3. The van der Waals surface area contributed by atoms with Gasteiger partial charge in [0.1, 0.15) is 0 Å². The van der Waals surface area contributed by atoms with Crippen molar-refractivity contribution in [3.8, 4) is 33.4 Å². The van der Waals surface area contributed by atoms with Gasteiger partial charge in [0, 0.05) is 20.3 Å². The van der Waals surface area contributed by atoms with Crippen LogP contribution >= 0.6 is 31.9 Å². The molecule has 4 aromatic carbocycles. The molecular weight excluding hydrogens is 500 g/mol. The van der Waals surface area contributed by atoms with E-state index in [0.29, 0.717) is 0 Å². The summed E-state index contributed by atoms with van der Waals surface area (Å²) in [7, 11) is 0. The third-order valence-corrected chi connectivity index (χ3v) is 7.09. The molecule has 0 aliphatic carbocycles. The summed E-state index contributed by atoms with van der Waals surface area (Å²) in [5.74, 6) is 0. The second kappa shape index (κ2) is 8.29. The van der Waals surface area contributed by atoms with Crippen LogP contribution in [-0.4, -0.2) is 0 Å². The first-order chi connectivity index (χ1) is 14.3. The van der Waals surface area contributed by atoms with Gasteiger partial charge in [-0.2, -0.15) is 0 Å². The molecule has 0 amide bonds. The maximum absolute atomic E-state index is 6.19. The molecule has 0 aliphatic rings. The van der Waals surface area contributed by atoms with Crippen LogP contribution in [0.3, 0.4) is 0 Å². The molecule has 150 valence electrons. The molecule has 2 nitrogen and oxygen atoms in total. The number of halogens is 2. The fourth-order valence-corrected chi connectivity index (χ4v) is 4.19. The summed E-state index contributed by atoms with van der Waals surface area (Å²) in [6, 6.07) is 25.0. The summed E-state index contributed by atoms with van der Waals surface area (Å²) < 4.78 is 2.19. The van der Waals surface area contributed by atoms with Gasteiger partial charge in [-0.05, 0) is 94.8 Å². The summed E-state index contributed by atoms with van der Waals surface area (Å²) >= 11 is 7.20. The van der Waals surface area contributed by atoms with E-state index in [9.17, 15) is 0 Å². The van der Waals surface area contributed by atoms with Crippen molar-refractivity contribution in [2.45, 2.75) is 13.8 Å². The Balaban J connectivity index is 1.98. The first-order valence-corrected chi connectivity index (χ1v) is 11.2. The molecule has 0 saturated carbocycles. The molecule has 30 heavy (non-hydrogen) atoms. The fourth-order valence-electron chi connectivity index (χ4n) is 3.70. The number of hydrogen-bond acceptors (Lipinski definition) is 2. The normalized spacial score (nSPS) is 10.9. The van der Waals surface area contributed by atoms with Gasteiger partial charge in [-0.1, -0.05) is 68.3 Å². The molecule has 4 rings (SSSR count). The van der Waals surface area contributed by atoms with E-state index in [-0.39, 0.29) is 0 Å². The van der Waals surface area contributed by atoms with Crippen molar-refractivity contribution >= 4 is 43.2 Å². The van der Waals surface area contributed by atoms with E-state index in [4.69, 9.17) is 11.5 Å². The third kappa shape index (κ3) is 4.03. The zero-order valence-electron chi connectivity index (χ0n) is 16.8. The molecule has 0 bridgehead atoms. The molecule has 0 atom stereocenters. The Hall–Kier alpha value is -2.56. The molecule has 0 saturated heterocycles. The maximum Gasteiger partial charge on any atom is 0.0320 e. The zero-order chi connectivity index (χ0) is 21.4. The molecule has 0 heterocycles. The van der Waals surface area contributed by atoms with Gasteiger partial charge >= 0.3 is 0 Å². The van der Waals surface area contributed by atoms with Gasteiger partial charge in [0.25, 0.3) is 0 Å². The van der Waals surface area contributed by atoms with Crippen molar-refractivity contribution in [2.75, 3.05) is 11.5 Å². The molecule has 0 unspecified atom stereocenters. The summed E-state index contributed by atoms with van der Waals surface area (Å²) in [4.78, 5) is 0. The van der Waals surface area contributed by atoms with E-state index in [0.717, 1.165) is 53.7 Å². The van der Waals surface area contributed by atoms with Crippen LogP contribution in [0, 0.1) is 13.8 Å². The Morgan fingerprint density at radius 3 is 1.27 bits per heavy atom. The van der Waals surface area contributed by atoms with Crippen molar-refractivity contribution in [1.82, 2.24) is 0 Å². The van der Waals surface area contributed by atoms with E-state index in [1.807, 2.05) is 24.3 Å². The first-order valence-electron chi connectivity index (χ1n) is 9.66. The van der Waals surface area contributed by atoms with Crippen molar-refractivity contribution in [3.63, 3.8) is 0 Å². The van der Waals surface area contributed by atoms with Crippen LogP contribution in [0.1, 0.15) is 11.1 Å².